The van der Waals surface area contributed by atoms with E-state index >= 15 is 0 Å². The zero-order chi connectivity index (χ0) is 13.0. The Balaban J connectivity index is 1.92. The van der Waals surface area contributed by atoms with E-state index in [1.165, 1.54) is 4.31 Å². The fourth-order valence-corrected chi connectivity index (χ4v) is 4.52. The average Bonchev–Trinajstić information content (AvgIpc) is 2.82. The molecule has 0 radical (unpaired) electrons. The van der Waals surface area contributed by atoms with Gasteiger partial charge < -0.3 is 5.32 Å². The van der Waals surface area contributed by atoms with Crippen molar-refractivity contribution in [2.45, 2.75) is 19.4 Å². The summed E-state index contributed by atoms with van der Waals surface area (Å²) in [4.78, 5) is 1.09. The summed E-state index contributed by atoms with van der Waals surface area (Å²) in [6.07, 6.45) is 2.09. The quantitative estimate of drug-likeness (QED) is 0.893. The summed E-state index contributed by atoms with van der Waals surface area (Å²) in [5.74, 6) is 0.525. The molecule has 102 valence electrons. The monoisotopic (exact) mass is 288 g/mol. The lowest BCUT2D eigenvalue weighted by Crippen LogP contribution is -2.38. The van der Waals surface area contributed by atoms with Crippen molar-refractivity contribution >= 4 is 21.4 Å². The Bertz CT molecular complexity index is 450. The smallest absolute Gasteiger partial charge is 0.214 e. The highest BCUT2D eigenvalue weighted by molar-refractivity contribution is 7.89. The number of piperidine rings is 1. The predicted octanol–water partition coefficient (Wildman–Crippen LogP) is 1.51. The number of nitrogens with one attached hydrogen (secondary N) is 1. The lowest BCUT2D eigenvalue weighted by atomic mass is 10.0. The van der Waals surface area contributed by atoms with Crippen molar-refractivity contribution in [3.8, 4) is 0 Å². The molecule has 2 rings (SSSR count). The predicted molar refractivity (Wildman–Crippen MR) is 75.2 cm³/mol. The van der Waals surface area contributed by atoms with Gasteiger partial charge in [-0.2, -0.15) is 4.31 Å². The van der Waals surface area contributed by atoms with Gasteiger partial charge in [-0.25, -0.2) is 8.42 Å². The number of nitrogens with zero attached hydrogens (tertiary/aromatic N) is 1. The van der Waals surface area contributed by atoms with E-state index in [-0.39, 0.29) is 11.7 Å². The first kappa shape index (κ1) is 14.0. The normalized spacial score (nSPS) is 21.3. The van der Waals surface area contributed by atoms with Gasteiger partial charge in [0.1, 0.15) is 0 Å². The van der Waals surface area contributed by atoms with Crippen LogP contribution in [0.4, 0.5) is 0 Å². The summed E-state index contributed by atoms with van der Waals surface area (Å²) in [7, 11) is -1.46. The maximum atomic E-state index is 12.2. The van der Waals surface area contributed by atoms with E-state index < -0.39 is 10.0 Å². The van der Waals surface area contributed by atoms with Crippen LogP contribution in [-0.4, -0.2) is 38.6 Å². The third-order valence-corrected chi connectivity index (χ3v) is 6.11. The lowest BCUT2D eigenvalue weighted by Gasteiger charge is -2.25. The SMILES string of the molecule is CN(Cc1cccs1)S(=O)(=O)CC1CCCNC1. The number of sulfonamides is 1. The second-order valence-electron chi connectivity index (χ2n) is 4.83. The maximum Gasteiger partial charge on any atom is 0.214 e. The molecule has 0 spiro atoms. The van der Waals surface area contributed by atoms with Crippen LogP contribution in [0.25, 0.3) is 0 Å². The van der Waals surface area contributed by atoms with Gasteiger partial charge in [0.05, 0.1) is 5.75 Å². The lowest BCUT2D eigenvalue weighted by molar-refractivity contribution is 0.391. The Morgan fingerprint density at radius 2 is 2.39 bits per heavy atom. The Morgan fingerprint density at radius 3 is 3.00 bits per heavy atom. The Morgan fingerprint density at radius 1 is 1.56 bits per heavy atom. The van der Waals surface area contributed by atoms with Gasteiger partial charge in [-0.05, 0) is 43.3 Å². The van der Waals surface area contributed by atoms with Gasteiger partial charge in [0.25, 0.3) is 0 Å². The molecule has 1 aromatic heterocycles. The highest BCUT2D eigenvalue weighted by Crippen LogP contribution is 2.17. The summed E-state index contributed by atoms with van der Waals surface area (Å²) in [6, 6.07) is 3.92. The Kier molecular flexibility index (Phi) is 4.77. The summed E-state index contributed by atoms with van der Waals surface area (Å²) in [5, 5.41) is 5.23. The van der Waals surface area contributed by atoms with Crippen LogP contribution in [-0.2, 0) is 16.6 Å². The molecule has 1 aromatic rings. The first-order chi connectivity index (χ1) is 8.58. The minimum atomic E-state index is -3.14. The van der Waals surface area contributed by atoms with Crippen LogP contribution < -0.4 is 5.32 Å². The van der Waals surface area contributed by atoms with Crippen molar-refractivity contribution in [2.24, 2.45) is 5.92 Å². The molecule has 2 heterocycles. The van der Waals surface area contributed by atoms with Crippen molar-refractivity contribution in [3.63, 3.8) is 0 Å². The van der Waals surface area contributed by atoms with Crippen LogP contribution in [0, 0.1) is 5.92 Å². The first-order valence-corrected chi connectivity index (χ1v) is 8.74. The highest BCUT2D eigenvalue weighted by Gasteiger charge is 2.24. The van der Waals surface area contributed by atoms with Crippen molar-refractivity contribution in [1.82, 2.24) is 9.62 Å². The summed E-state index contributed by atoms with van der Waals surface area (Å²) < 4.78 is 25.9. The molecular formula is C12H20N2O2S2. The van der Waals surface area contributed by atoms with Crippen LogP contribution in [0.5, 0.6) is 0 Å². The Labute approximate surface area is 113 Å². The summed E-state index contributed by atoms with van der Waals surface area (Å²) in [5.41, 5.74) is 0. The zero-order valence-corrected chi connectivity index (χ0v) is 12.3. The van der Waals surface area contributed by atoms with E-state index in [0.29, 0.717) is 6.54 Å². The molecule has 0 amide bonds. The average molecular weight is 288 g/mol. The molecule has 1 atom stereocenters. The number of rotatable bonds is 5. The van der Waals surface area contributed by atoms with E-state index in [9.17, 15) is 8.42 Å². The van der Waals surface area contributed by atoms with Gasteiger partial charge in [0.15, 0.2) is 0 Å². The highest BCUT2D eigenvalue weighted by atomic mass is 32.2. The molecular weight excluding hydrogens is 268 g/mol. The van der Waals surface area contributed by atoms with Gasteiger partial charge >= 0.3 is 0 Å². The van der Waals surface area contributed by atoms with Gasteiger partial charge in [-0.1, -0.05) is 6.07 Å². The summed E-state index contributed by atoms with van der Waals surface area (Å²) >= 11 is 1.59. The molecule has 1 N–H and O–H groups in total. The summed E-state index contributed by atoms with van der Waals surface area (Å²) in [6.45, 7) is 2.33. The second kappa shape index (κ2) is 6.14. The molecule has 18 heavy (non-hydrogen) atoms. The molecule has 1 fully saturated rings. The third-order valence-electron chi connectivity index (χ3n) is 3.28. The molecule has 1 aliphatic rings. The molecule has 6 heteroatoms. The van der Waals surface area contributed by atoms with Gasteiger partial charge in [-0.15, -0.1) is 11.3 Å². The minimum Gasteiger partial charge on any atom is -0.316 e. The van der Waals surface area contributed by atoms with Crippen molar-refractivity contribution < 1.29 is 8.42 Å². The number of hydrogen-bond donors (Lipinski definition) is 1. The van der Waals surface area contributed by atoms with Crippen LogP contribution >= 0.6 is 11.3 Å². The zero-order valence-electron chi connectivity index (χ0n) is 10.6. The van der Waals surface area contributed by atoms with E-state index in [1.807, 2.05) is 17.5 Å². The maximum absolute atomic E-state index is 12.2. The van der Waals surface area contributed by atoms with Crippen LogP contribution in [0.1, 0.15) is 17.7 Å². The van der Waals surface area contributed by atoms with Gasteiger partial charge in [0, 0.05) is 18.5 Å². The Hall–Kier alpha value is -0.430. The van der Waals surface area contributed by atoms with E-state index in [1.54, 1.807) is 18.4 Å². The molecule has 0 saturated carbocycles. The molecule has 1 aliphatic heterocycles. The van der Waals surface area contributed by atoms with Crippen LogP contribution in [0.2, 0.25) is 0 Å². The standard InChI is InChI=1S/C12H20N2O2S2/c1-14(9-12-5-3-7-17-12)18(15,16)10-11-4-2-6-13-8-11/h3,5,7,11,13H,2,4,6,8-10H2,1H3. The van der Waals surface area contributed by atoms with Crippen molar-refractivity contribution in [2.75, 3.05) is 25.9 Å². The molecule has 0 bridgehead atoms. The fourth-order valence-electron chi connectivity index (χ4n) is 2.21. The van der Waals surface area contributed by atoms with E-state index in [4.69, 9.17) is 0 Å². The largest absolute Gasteiger partial charge is 0.316 e. The first-order valence-electron chi connectivity index (χ1n) is 6.25. The minimum absolute atomic E-state index is 0.259. The van der Waals surface area contributed by atoms with Crippen molar-refractivity contribution in [1.29, 1.82) is 0 Å². The topological polar surface area (TPSA) is 49.4 Å². The molecule has 0 aromatic carbocycles. The van der Waals surface area contributed by atoms with Gasteiger partial charge in [0.2, 0.25) is 10.0 Å². The molecule has 4 nitrogen and oxygen atoms in total. The molecule has 0 aliphatic carbocycles. The number of hydrogen-bond acceptors (Lipinski definition) is 4. The second-order valence-corrected chi connectivity index (χ2v) is 7.98. The number of thiophene rings is 1. The van der Waals surface area contributed by atoms with Crippen LogP contribution in [0.15, 0.2) is 17.5 Å². The molecule has 1 unspecified atom stereocenters. The van der Waals surface area contributed by atoms with Gasteiger partial charge in [-0.3, -0.25) is 0 Å². The fraction of sp³-hybridized carbons (Fsp3) is 0.667. The van der Waals surface area contributed by atoms with E-state index in [2.05, 4.69) is 5.32 Å². The third kappa shape index (κ3) is 3.78. The van der Waals surface area contributed by atoms with Crippen LogP contribution in [0.3, 0.4) is 0 Å². The van der Waals surface area contributed by atoms with Crippen molar-refractivity contribution in [3.05, 3.63) is 22.4 Å². The van der Waals surface area contributed by atoms with E-state index in [0.717, 1.165) is 30.8 Å². The molecule has 1 saturated heterocycles.